The Labute approximate surface area is 120 Å². The molecule has 1 aromatic rings. The first-order valence-electron chi connectivity index (χ1n) is 7.29. The Bertz CT molecular complexity index is 561. The fourth-order valence-electron chi connectivity index (χ4n) is 3.32. The zero-order valence-electron chi connectivity index (χ0n) is 11.8. The molecule has 0 N–H and O–H groups in total. The molecule has 2 aliphatic rings. The molecule has 0 aliphatic carbocycles. The fraction of sp³-hybridized carbons (Fsp3) is 0.643. The number of rotatable bonds is 3. The lowest BCUT2D eigenvalue weighted by Crippen LogP contribution is -2.57. The highest BCUT2D eigenvalue weighted by Gasteiger charge is 2.41. The summed E-state index contributed by atoms with van der Waals surface area (Å²) in [6, 6.07) is 3.79. The van der Waals surface area contributed by atoms with Gasteiger partial charge >= 0.3 is 0 Å². The Kier molecular flexibility index (Phi) is 3.79. The lowest BCUT2D eigenvalue weighted by molar-refractivity contribution is 0.106. The Morgan fingerprint density at radius 1 is 1.40 bits per heavy atom. The molecule has 6 heteroatoms. The predicted octanol–water partition coefficient (Wildman–Crippen LogP) is 1.33. The molecule has 0 saturated carbocycles. The van der Waals surface area contributed by atoms with E-state index in [1.165, 1.54) is 12.6 Å². The molecule has 110 valence electrons. The molecule has 0 bridgehead atoms. The van der Waals surface area contributed by atoms with Gasteiger partial charge in [-0.1, -0.05) is 6.92 Å². The van der Waals surface area contributed by atoms with Gasteiger partial charge in [0, 0.05) is 37.6 Å². The maximum Gasteiger partial charge on any atom is 0.244 e. The minimum atomic E-state index is -3.42. The van der Waals surface area contributed by atoms with Gasteiger partial charge in [0.25, 0.3) is 0 Å². The van der Waals surface area contributed by atoms with Crippen LogP contribution in [-0.2, 0) is 10.0 Å². The van der Waals surface area contributed by atoms with Crippen molar-refractivity contribution < 1.29 is 8.42 Å². The molecular weight excluding hydrogens is 274 g/mol. The molecule has 0 unspecified atom stereocenters. The van der Waals surface area contributed by atoms with E-state index in [0.717, 1.165) is 25.9 Å². The van der Waals surface area contributed by atoms with Crippen molar-refractivity contribution in [2.45, 2.75) is 43.2 Å². The second-order valence-electron chi connectivity index (χ2n) is 5.62. The Balaban J connectivity index is 1.91. The molecule has 2 aliphatic heterocycles. The Morgan fingerprint density at radius 3 is 2.95 bits per heavy atom. The summed E-state index contributed by atoms with van der Waals surface area (Å²) < 4.78 is 27.3. The maximum atomic E-state index is 12.8. The molecule has 1 aromatic heterocycles. The highest BCUT2D eigenvalue weighted by atomic mass is 32.2. The third-order valence-electron chi connectivity index (χ3n) is 4.45. The standard InChI is InChI=1S/C14H21N3O2S/c1-2-12-10-16-8-4-5-13(16)11-17(12)20(18,19)14-6-3-7-15-9-14/h3,6-7,9,12-13H,2,4-5,8,10-11H2,1H3/t12-,13+/m0/s1. The molecule has 2 fully saturated rings. The van der Waals surface area contributed by atoms with Crippen LogP contribution in [0.2, 0.25) is 0 Å². The summed E-state index contributed by atoms with van der Waals surface area (Å²) in [6.07, 6.45) is 6.19. The van der Waals surface area contributed by atoms with Gasteiger partial charge in [0.05, 0.1) is 0 Å². The minimum absolute atomic E-state index is 0.0783. The monoisotopic (exact) mass is 295 g/mol. The molecule has 2 atom stereocenters. The highest BCUT2D eigenvalue weighted by Crippen LogP contribution is 2.29. The van der Waals surface area contributed by atoms with Crippen molar-refractivity contribution in [2.75, 3.05) is 19.6 Å². The minimum Gasteiger partial charge on any atom is -0.297 e. The van der Waals surface area contributed by atoms with E-state index >= 15 is 0 Å². The third kappa shape index (κ3) is 2.36. The van der Waals surface area contributed by atoms with Crippen LogP contribution in [-0.4, -0.2) is 54.3 Å². The zero-order valence-corrected chi connectivity index (χ0v) is 12.6. The van der Waals surface area contributed by atoms with Crippen LogP contribution in [0.5, 0.6) is 0 Å². The normalized spacial score (nSPS) is 28.4. The fourth-order valence-corrected chi connectivity index (χ4v) is 5.01. The van der Waals surface area contributed by atoms with Crippen molar-refractivity contribution in [1.29, 1.82) is 0 Å². The highest BCUT2D eigenvalue weighted by molar-refractivity contribution is 7.89. The largest absolute Gasteiger partial charge is 0.297 e. The van der Waals surface area contributed by atoms with E-state index < -0.39 is 10.0 Å². The lowest BCUT2D eigenvalue weighted by atomic mass is 10.1. The van der Waals surface area contributed by atoms with Gasteiger partial charge in [-0.05, 0) is 37.9 Å². The number of pyridine rings is 1. The summed E-state index contributed by atoms with van der Waals surface area (Å²) in [5, 5.41) is 0. The van der Waals surface area contributed by atoms with Gasteiger partial charge in [-0.2, -0.15) is 4.31 Å². The number of piperazine rings is 1. The number of fused-ring (bicyclic) bond motifs is 1. The Morgan fingerprint density at radius 2 is 2.25 bits per heavy atom. The second-order valence-corrected chi connectivity index (χ2v) is 7.51. The van der Waals surface area contributed by atoms with Crippen molar-refractivity contribution >= 4 is 10.0 Å². The SMILES string of the molecule is CC[C@H]1CN2CCC[C@@H]2CN1S(=O)(=O)c1cccnc1. The van der Waals surface area contributed by atoms with Crippen LogP contribution in [0.4, 0.5) is 0 Å². The third-order valence-corrected chi connectivity index (χ3v) is 6.36. The summed E-state index contributed by atoms with van der Waals surface area (Å²) in [6.45, 7) is 4.66. The zero-order chi connectivity index (χ0) is 14.2. The van der Waals surface area contributed by atoms with Crippen molar-refractivity contribution in [1.82, 2.24) is 14.2 Å². The maximum absolute atomic E-state index is 12.8. The van der Waals surface area contributed by atoms with E-state index in [-0.39, 0.29) is 6.04 Å². The summed E-state index contributed by atoms with van der Waals surface area (Å²) in [7, 11) is -3.42. The van der Waals surface area contributed by atoms with Gasteiger partial charge < -0.3 is 0 Å². The molecule has 0 spiro atoms. The van der Waals surface area contributed by atoms with E-state index in [1.54, 1.807) is 22.6 Å². The number of aromatic nitrogens is 1. The van der Waals surface area contributed by atoms with Crippen LogP contribution in [0.15, 0.2) is 29.4 Å². The molecule has 2 saturated heterocycles. The molecule has 0 amide bonds. The molecule has 3 rings (SSSR count). The van der Waals surface area contributed by atoms with E-state index in [4.69, 9.17) is 0 Å². The van der Waals surface area contributed by atoms with Crippen LogP contribution in [0, 0.1) is 0 Å². The van der Waals surface area contributed by atoms with Gasteiger partial charge in [0.1, 0.15) is 4.90 Å². The number of hydrogen-bond donors (Lipinski definition) is 0. The molecule has 0 aromatic carbocycles. The summed E-state index contributed by atoms with van der Waals surface area (Å²) in [5.74, 6) is 0. The average Bonchev–Trinajstić information content (AvgIpc) is 2.94. The summed E-state index contributed by atoms with van der Waals surface area (Å²) in [5.41, 5.74) is 0. The van der Waals surface area contributed by atoms with Gasteiger partial charge in [-0.25, -0.2) is 8.42 Å². The van der Waals surface area contributed by atoms with Gasteiger partial charge in [0.15, 0.2) is 0 Å². The van der Waals surface area contributed by atoms with Crippen molar-refractivity contribution in [3.05, 3.63) is 24.5 Å². The number of sulfonamides is 1. The second kappa shape index (κ2) is 5.42. The first-order chi connectivity index (χ1) is 9.63. The topological polar surface area (TPSA) is 53.5 Å². The average molecular weight is 295 g/mol. The van der Waals surface area contributed by atoms with Gasteiger partial charge in [0.2, 0.25) is 10.0 Å². The smallest absolute Gasteiger partial charge is 0.244 e. The molecule has 3 heterocycles. The van der Waals surface area contributed by atoms with E-state index in [0.29, 0.717) is 17.5 Å². The van der Waals surface area contributed by atoms with E-state index in [2.05, 4.69) is 16.8 Å². The Hall–Kier alpha value is -0.980. The first-order valence-corrected chi connectivity index (χ1v) is 8.73. The van der Waals surface area contributed by atoms with E-state index in [9.17, 15) is 8.42 Å². The van der Waals surface area contributed by atoms with Crippen LogP contribution in [0.3, 0.4) is 0 Å². The molecule has 5 nitrogen and oxygen atoms in total. The van der Waals surface area contributed by atoms with Crippen LogP contribution in [0.25, 0.3) is 0 Å². The van der Waals surface area contributed by atoms with E-state index in [1.807, 2.05) is 0 Å². The van der Waals surface area contributed by atoms with Crippen LogP contribution < -0.4 is 0 Å². The van der Waals surface area contributed by atoms with Crippen molar-refractivity contribution in [3.63, 3.8) is 0 Å². The molecule has 0 radical (unpaired) electrons. The first kappa shape index (κ1) is 14.0. The van der Waals surface area contributed by atoms with Crippen LogP contribution in [0.1, 0.15) is 26.2 Å². The molecule has 20 heavy (non-hydrogen) atoms. The molecular formula is C14H21N3O2S. The van der Waals surface area contributed by atoms with Crippen LogP contribution >= 0.6 is 0 Å². The van der Waals surface area contributed by atoms with Gasteiger partial charge in [-0.3, -0.25) is 9.88 Å². The summed E-state index contributed by atoms with van der Waals surface area (Å²) >= 11 is 0. The van der Waals surface area contributed by atoms with Crippen molar-refractivity contribution in [3.8, 4) is 0 Å². The lowest BCUT2D eigenvalue weighted by Gasteiger charge is -2.42. The number of nitrogens with zero attached hydrogens (tertiary/aromatic N) is 3. The van der Waals surface area contributed by atoms with Gasteiger partial charge in [-0.15, -0.1) is 0 Å². The quantitative estimate of drug-likeness (QED) is 0.844. The number of hydrogen-bond acceptors (Lipinski definition) is 4. The predicted molar refractivity (Wildman–Crippen MR) is 76.8 cm³/mol. The summed E-state index contributed by atoms with van der Waals surface area (Å²) in [4.78, 5) is 6.70. The van der Waals surface area contributed by atoms with Crippen molar-refractivity contribution in [2.24, 2.45) is 0 Å².